The Labute approximate surface area is 186 Å². The van der Waals surface area contributed by atoms with Crippen LogP contribution in [-0.4, -0.2) is 49.9 Å². The van der Waals surface area contributed by atoms with Crippen LogP contribution < -0.4 is 14.4 Å². The zero-order valence-electron chi connectivity index (χ0n) is 18.4. The molecule has 4 rings (SSSR count). The number of carbonyl (C=O) groups is 1. The van der Waals surface area contributed by atoms with Crippen LogP contribution in [0.1, 0.15) is 20.8 Å². The number of thiophene rings is 1. The van der Waals surface area contributed by atoms with E-state index in [2.05, 4.69) is 17.0 Å². The average molecular weight is 441 g/mol. The highest BCUT2D eigenvalue weighted by molar-refractivity contribution is 7.17. The van der Waals surface area contributed by atoms with Gasteiger partial charge in [0.15, 0.2) is 0 Å². The quantitative estimate of drug-likeness (QED) is 0.516. The third-order valence-electron chi connectivity index (χ3n) is 5.11. The zero-order chi connectivity index (χ0) is 22.0. The maximum Gasteiger partial charge on any atom is 0.410 e. The number of methoxy groups -OCH3 is 1. The van der Waals surface area contributed by atoms with Crippen LogP contribution in [0, 0.1) is 0 Å². The summed E-state index contributed by atoms with van der Waals surface area (Å²) in [6, 6.07) is 14.1. The fourth-order valence-corrected chi connectivity index (χ4v) is 4.40. The molecule has 1 aliphatic rings. The lowest BCUT2D eigenvalue weighted by atomic mass is 10.2. The van der Waals surface area contributed by atoms with Gasteiger partial charge in [0.1, 0.15) is 22.8 Å². The van der Waals surface area contributed by atoms with Crippen LogP contribution in [0.4, 0.5) is 10.5 Å². The molecular weight excluding hydrogens is 412 g/mol. The van der Waals surface area contributed by atoms with Crippen molar-refractivity contribution in [2.45, 2.75) is 26.4 Å². The molecule has 1 aromatic heterocycles. The van der Waals surface area contributed by atoms with Gasteiger partial charge in [0.25, 0.3) is 0 Å². The highest BCUT2D eigenvalue weighted by Gasteiger charge is 2.26. The normalized spacial score (nSPS) is 14.6. The Bertz CT molecular complexity index is 1050. The van der Waals surface area contributed by atoms with E-state index in [0.717, 1.165) is 46.1 Å². The van der Waals surface area contributed by atoms with Crippen LogP contribution in [0.25, 0.3) is 10.1 Å². The van der Waals surface area contributed by atoms with Gasteiger partial charge < -0.3 is 24.0 Å². The number of anilines is 1. The van der Waals surface area contributed by atoms with Gasteiger partial charge in [-0.2, -0.15) is 0 Å². The number of carbonyl (C=O) groups excluding carboxylic acids is 1. The maximum absolute atomic E-state index is 12.2. The van der Waals surface area contributed by atoms with E-state index in [9.17, 15) is 4.79 Å². The van der Waals surface area contributed by atoms with E-state index in [0.29, 0.717) is 13.1 Å². The topological polar surface area (TPSA) is 51.2 Å². The van der Waals surface area contributed by atoms with Gasteiger partial charge in [-0.15, -0.1) is 11.3 Å². The van der Waals surface area contributed by atoms with E-state index in [1.807, 2.05) is 56.5 Å². The number of rotatable bonds is 4. The number of hydrogen-bond donors (Lipinski definition) is 0. The molecule has 1 fully saturated rings. The van der Waals surface area contributed by atoms with Crippen molar-refractivity contribution in [3.8, 4) is 17.2 Å². The number of hydrogen-bond acceptors (Lipinski definition) is 6. The SMILES string of the molecule is COc1ccc2c(Oc3ccc(N4CCN(C(=O)OC(C)(C)C)CC4)cc3)csc2c1. The highest BCUT2D eigenvalue weighted by atomic mass is 32.1. The summed E-state index contributed by atoms with van der Waals surface area (Å²) >= 11 is 1.64. The Balaban J connectivity index is 1.36. The Morgan fingerprint density at radius 1 is 0.968 bits per heavy atom. The molecule has 0 radical (unpaired) electrons. The van der Waals surface area contributed by atoms with Crippen molar-refractivity contribution in [2.75, 3.05) is 38.2 Å². The number of amides is 1. The first-order valence-corrected chi connectivity index (χ1v) is 11.3. The molecule has 0 N–H and O–H groups in total. The van der Waals surface area contributed by atoms with E-state index in [1.165, 1.54) is 0 Å². The first-order chi connectivity index (χ1) is 14.8. The number of piperazine rings is 1. The summed E-state index contributed by atoms with van der Waals surface area (Å²) in [7, 11) is 1.67. The minimum atomic E-state index is -0.468. The number of nitrogens with zero attached hydrogens (tertiary/aromatic N) is 2. The van der Waals surface area contributed by atoms with Gasteiger partial charge in [-0.25, -0.2) is 4.79 Å². The Hall–Kier alpha value is -2.93. The van der Waals surface area contributed by atoms with E-state index in [4.69, 9.17) is 14.2 Å². The minimum Gasteiger partial charge on any atom is -0.497 e. The van der Waals surface area contributed by atoms with Crippen LogP contribution in [0.5, 0.6) is 17.2 Å². The number of fused-ring (bicyclic) bond motifs is 1. The third kappa shape index (κ3) is 5.05. The largest absolute Gasteiger partial charge is 0.497 e. The molecular formula is C24H28N2O4S. The summed E-state index contributed by atoms with van der Waals surface area (Å²) in [6.45, 7) is 8.52. The van der Waals surface area contributed by atoms with Crippen molar-refractivity contribution in [1.82, 2.24) is 4.90 Å². The number of benzene rings is 2. The predicted molar refractivity (Wildman–Crippen MR) is 125 cm³/mol. The predicted octanol–water partition coefficient (Wildman–Crippen LogP) is 5.76. The Morgan fingerprint density at radius 3 is 2.29 bits per heavy atom. The molecule has 0 atom stereocenters. The van der Waals surface area contributed by atoms with Crippen molar-refractivity contribution in [3.05, 3.63) is 47.8 Å². The molecule has 3 aromatic rings. The second kappa shape index (κ2) is 8.67. The summed E-state index contributed by atoms with van der Waals surface area (Å²) in [5, 5.41) is 3.10. The smallest absolute Gasteiger partial charge is 0.410 e. The molecule has 1 saturated heterocycles. The standard InChI is InChI=1S/C24H28N2O4S/c1-24(2,3)30-23(27)26-13-11-25(12-14-26)17-5-7-18(8-6-17)29-21-16-31-22-15-19(28-4)9-10-20(21)22/h5-10,15-16H,11-14H2,1-4H3. The molecule has 1 amide bonds. The second-order valence-electron chi connectivity index (χ2n) is 8.51. The summed E-state index contributed by atoms with van der Waals surface area (Å²) < 4.78 is 18.0. The van der Waals surface area contributed by atoms with E-state index < -0.39 is 5.60 Å². The van der Waals surface area contributed by atoms with Gasteiger partial charge in [0.2, 0.25) is 0 Å². The summed E-state index contributed by atoms with van der Waals surface area (Å²) in [5.41, 5.74) is 0.653. The van der Waals surface area contributed by atoms with Gasteiger partial charge in [0.05, 0.1) is 7.11 Å². The van der Waals surface area contributed by atoms with Crippen molar-refractivity contribution in [1.29, 1.82) is 0 Å². The molecule has 2 aromatic carbocycles. The lowest BCUT2D eigenvalue weighted by Crippen LogP contribution is -2.50. The lowest BCUT2D eigenvalue weighted by molar-refractivity contribution is 0.0240. The summed E-state index contributed by atoms with van der Waals surface area (Å²) in [4.78, 5) is 16.3. The monoisotopic (exact) mass is 440 g/mol. The van der Waals surface area contributed by atoms with Crippen LogP contribution in [0.3, 0.4) is 0 Å². The highest BCUT2D eigenvalue weighted by Crippen LogP contribution is 2.37. The molecule has 2 heterocycles. The van der Waals surface area contributed by atoms with Crippen LogP contribution in [-0.2, 0) is 4.74 Å². The van der Waals surface area contributed by atoms with Crippen LogP contribution in [0.2, 0.25) is 0 Å². The van der Waals surface area contributed by atoms with Crippen LogP contribution in [0.15, 0.2) is 47.8 Å². The fraction of sp³-hybridized carbons (Fsp3) is 0.375. The molecule has 0 unspecified atom stereocenters. The number of ether oxygens (including phenoxy) is 3. The van der Waals surface area contributed by atoms with Gasteiger partial charge >= 0.3 is 6.09 Å². The molecule has 31 heavy (non-hydrogen) atoms. The fourth-order valence-electron chi connectivity index (χ4n) is 3.52. The van der Waals surface area contributed by atoms with E-state index in [-0.39, 0.29) is 6.09 Å². The minimum absolute atomic E-state index is 0.239. The molecule has 0 bridgehead atoms. The van der Waals surface area contributed by atoms with Gasteiger partial charge in [-0.1, -0.05) is 0 Å². The average Bonchev–Trinajstić information content (AvgIpc) is 3.15. The van der Waals surface area contributed by atoms with E-state index in [1.54, 1.807) is 23.3 Å². The molecule has 0 spiro atoms. The van der Waals surface area contributed by atoms with Crippen molar-refractivity contribution in [2.24, 2.45) is 0 Å². The molecule has 1 aliphatic heterocycles. The Morgan fingerprint density at radius 2 is 1.65 bits per heavy atom. The maximum atomic E-state index is 12.2. The molecule has 7 heteroatoms. The van der Waals surface area contributed by atoms with Gasteiger partial charge in [-0.05, 0) is 63.2 Å². The van der Waals surface area contributed by atoms with Gasteiger partial charge in [0, 0.05) is 47.3 Å². The first kappa shape index (κ1) is 21.3. The summed E-state index contributed by atoms with van der Waals surface area (Å²) in [6.07, 6.45) is -0.239. The van der Waals surface area contributed by atoms with Crippen LogP contribution >= 0.6 is 11.3 Å². The van der Waals surface area contributed by atoms with Crippen molar-refractivity contribution < 1.29 is 19.0 Å². The molecule has 0 aliphatic carbocycles. The Kier molecular flexibility index (Phi) is 5.96. The zero-order valence-corrected chi connectivity index (χ0v) is 19.2. The van der Waals surface area contributed by atoms with Crippen molar-refractivity contribution >= 4 is 33.2 Å². The molecule has 6 nitrogen and oxygen atoms in total. The van der Waals surface area contributed by atoms with Gasteiger partial charge in [-0.3, -0.25) is 0 Å². The third-order valence-corrected chi connectivity index (χ3v) is 6.03. The summed E-state index contributed by atoms with van der Waals surface area (Å²) in [5.74, 6) is 2.49. The van der Waals surface area contributed by atoms with Crippen molar-refractivity contribution in [3.63, 3.8) is 0 Å². The molecule has 164 valence electrons. The molecule has 0 saturated carbocycles. The van der Waals surface area contributed by atoms with E-state index >= 15 is 0 Å². The first-order valence-electron chi connectivity index (χ1n) is 10.4. The lowest BCUT2D eigenvalue weighted by Gasteiger charge is -2.36. The second-order valence-corrected chi connectivity index (χ2v) is 9.42.